The molecule has 20 heavy (non-hydrogen) atoms. The number of halogens is 1. The Morgan fingerprint density at radius 1 is 1.35 bits per heavy atom. The molecule has 110 valence electrons. The fourth-order valence-electron chi connectivity index (χ4n) is 2.11. The fourth-order valence-corrected chi connectivity index (χ4v) is 4.01. The largest absolute Gasteiger partial charge is 0.465 e. The van der Waals surface area contributed by atoms with Crippen molar-refractivity contribution in [2.24, 2.45) is 0 Å². The number of carbonyl (C=O) groups is 1. The summed E-state index contributed by atoms with van der Waals surface area (Å²) in [7, 11) is -3.57. The van der Waals surface area contributed by atoms with E-state index < -0.39 is 16.1 Å². The summed E-state index contributed by atoms with van der Waals surface area (Å²) in [5.41, 5.74) is 0. The Balaban J connectivity index is 2.02. The van der Waals surface area contributed by atoms with E-state index in [1.807, 2.05) is 0 Å². The lowest BCUT2D eigenvalue weighted by Gasteiger charge is -2.30. The lowest BCUT2D eigenvalue weighted by atomic mass is 10.1. The highest BCUT2D eigenvalue weighted by atomic mass is 79.9. The SMILES string of the molecule is O=C(O)N1CCC(NS(=O)(=O)c2cccc(Br)c2)CC1. The van der Waals surface area contributed by atoms with Crippen LogP contribution in [0.15, 0.2) is 33.6 Å². The van der Waals surface area contributed by atoms with Gasteiger partial charge < -0.3 is 10.0 Å². The van der Waals surface area contributed by atoms with E-state index >= 15 is 0 Å². The maximum absolute atomic E-state index is 12.2. The first-order valence-electron chi connectivity index (χ1n) is 6.14. The van der Waals surface area contributed by atoms with Gasteiger partial charge in [0.2, 0.25) is 10.0 Å². The van der Waals surface area contributed by atoms with Gasteiger partial charge in [-0.1, -0.05) is 22.0 Å². The van der Waals surface area contributed by atoms with E-state index in [4.69, 9.17) is 5.11 Å². The number of likely N-dealkylation sites (tertiary alicyclic amines) is 1. The molecule has 1 aromatic rings. The summed E-state index contributed by atoms with van der Waals surface area (Å²) in [4.78, 5) is 12.3. The predicted octanol–water partition coefficient (Wildman–Crippen LogP) is 1.87. The van der Waals surface area contributed by atoms with Gasteiger partial charge in [-0.2, -0.15) is 0 Å². The molecule has 1 heterocycles. The maximum atomic E-state index is 12.2. The van der Waals surface area contributed by atoms with Crippen LogP contribution in [0, 0.1) is 0 Å². The van der Waals surface area contributed by atoms with Crippen LogP contribution in [-0.4, -0.2) is 43.6 Å². The van der Waals surface area contributed by atoms with Crippen molar-refractivity contribution in [2.45, 2.75) is 23.8 Å². The Labute approximate surface area is 126 Å². The smallest absolute Gasteiger partial charge is 0.407 e. The first-order valence-corrected chi connectivity index (χ1v) is 8.42. The third-order valence-corrected chi connectivity index (χ3v) is 5.21. The minimum Gasteiger partial charge on any atom is -0.465 e. The maximum Gasteiger partial charge on any atom is 0.407 e. The highest BCUT2D eigenvalue weighted by Gasteiger charge is 2.26. The molecular formula is C12H15BrN2O4S. The van der Waals surface area contributed by atoms with Crippen LogP contribution in [0.1, 0.15) is 12.8 Å². The molecule has 1 amide bonds. The van der Waals surface area contributed by atoms with Gasteiger partial charge in [-0.25, -0.2) is 17.9 Å². The van der Waals surface area contributed by atoms with Gasteiger partial charge in [-0.15, -0.1) is 0 Å². The van der Waals surface area contributed by atoms with Crippen LogP contribution < -0.4 is 4.72 Å². The molecule has 0 radical (unpaired) electrons. The van der Waals surface area contributed by atoms with Gasteiger partial charge in [-0.3, -0.25) is 0 Å². The molecule has 0 unspecified atom stereocenters. The molecule has 2 rings (SSSR count). The fraction of sp³-hybridized carbons (Fsp3) is 0.417. The normalized spacial score (nSPS) is 17.1. The van der Waals surface area contributed by atoms with E-state index in [-0.39, 0.29) is 10.9 Å². The average molecular weight is 363 g/mol. The molecule has 0 atom stereocenters. The van der Waals surface area contributed by atoms with Gasteiger partial charge in [0, 0.05) is 23.6 Å². The number of benzene rings is 1. The minimum absolute atomic E-state index is 0.201. The zero-order valence-electron chi connectivity index (χ0n) is 10.6. The molecule has 1 saturated heterocycles. The molecule has 1 aliphatic rings. The van der Waals surface area contributed by atoms with E-state index in [2.05, 4.69) is 20.7 Å². The molecule has 0 saturated carbocycles. The van der Waals surface area contributed by atoms with Crippen molar-refractivity contribution in [1.82, 2.24) is 9.62 Å². The van der Waals surface area contributed by atoms with Gasteiger partial charge in [0.15, 0.2) is 0 Å². The van der Waals surface area contributed by atoms with Crippen LogP contribution in [0.3, 0.4) is 0 Å². The monoisotopic (exact) mass is 362 g/mol. The molecule has 0 bridgehead atoms. The highest BCUT2D eigenvalue weighted by Crippen LogP contribution is 2.18. The van der Waals surface area contributed by atoms with Crippen LogP contribution >= 0.6 is 15.9 Å². The van der Waals surface area contributed by atoms with Gasteiger partial charge in [0.25, 0.3) is 0 Å². The number of nitrogens with one attached hydrogen (secondary N) is 1. The van der Waals surface area contributed by atoms with Crippen LogP contribution in [0.4, 0.5) is 4.79 Å². The number of hydrogen-bond donors (Lipinski definition) is 2. The Hall–Kier alpha value is -1.12. The third-order valence-electron chi connectivity index (χ3n) is 3.19. The van der Waals surface area contributed by atoms with Crippen molar-refractivity contribution in [3.8, 4) is 0 Å². The number of amides is 1. The summed E-state index contributed by atoms with van der Waals surface area (Å²) < 4.78 is 27.7. The van der Waals surface area contributed by atoms with Crippen molar-refractivity contribution >= 4 is 32.0 Å². The number of rotatable bonds is 3. The molecule has 1 aromatic carbocycles. The van der Waals surface area contributed by atoms with E-state index in [1.165, 1.54) is 17.0 Å². The van der Waals surface area contributed by atoms with Gasteiger partial charge in [-0.05, 0) is 31.0 Å². The van der Waals surface area contributed by atoms with Crippen molar-refractivity contribution in [3.05, 3.63) is 28.7 Å². The summed E-state index contributed by atoms with van der Waals surface area (Å²) >= 11 is 3.24. The number of sulfonamides is 1. The molecule has 2 N–H and O–H groups in total. The Morgan fingerprint density at radius 3 is 2.55 bits per heavy atom. The van der Waals surface area contributed by atoms with Crippen molar-refractivity contribution in [3.63, 3.8) is 0 Å². The van der Waals surface area contributed by atoms with E-state index in [1.54, 1.807) is 12.1 Å². The number of hydrogen-bond acceptors (Lipinski definition) is 3. The van der Waals surface area contributed by atoms with Crippen molar-refractivity contribution in [1.29, 1.82) is 0 Å². The molecule has 0 spiro atoms. The lowest BCUT2D eigenvalue weighted by molar-refractivity contribution is 0.131. The molecule has 6 nitrogen and oxygen atoms in total. The van der Waals surface area contributed by atoms with Crippen LogP contribution in [0.5, 0.6) is 0 Å². The quantitative estimate of drug-likeness (QED) is 0.859. The second-order valence-electron chi connectivity index (χ2n) is 4.62. The van der Waals surface area contributed by atoms with Crippen LogP contribution in [0.2, 0.25) is 0 Å². The molecule has 0 aliphatic carbocycles. The molecule has 8 heteroatoms. The van der Waals surface area contributed by atoms with Crippen LogP contribution in [0.25, 0.3) is 0 Å². The molecule has 0 aromatic heterocycles. The van der Waals surface area contributed by atoms with E-state index in [0.717, 1.165) is 0 Å². The van der Waals surface area contributed by atoms with Crippen LogP contribution in [-0.2, 0) is 10.0 Å². The number of carboxylic acid groups (broad SMARTS) is 1. The lowest BCUT2D eigenvalue weighted by Crippen LogP contribution is -2.46. The average Bonchev–Trinajstić information content (AvgIpc) is 2.39. The first kappa shape index (κ1) is 15.3. The zero-order chi connectivity index (χ0) is 14.8. The molecule has 1 fully saturated rings. The van der Waals surface area contributed by atoms with Crippen molar-refractivity contribution < 1.29 is 18.3 Å². The second kappa shape index (κ2) is 6.11. The van der Waals surface area contributed by atoms with Crippen molar-refractivity contribution in [2.75, 3.05) is 13.1 Å². The standard InChI is InChI=1S/C12H15BrN2O4S/c13-9-2-1-3-11(8-9)20(18,19)14-10-4-6-15(7-5-10)12(16)17/h1-3,8,10,14H,4-7H2,(H,16,17). The summed E-state index contributed by atoms with van der Waals surface area (Å²) in [5.74, 6) is 0. The topological polar surface area (TPSA) is 86.7 Å². The summed E-state index contributed by atoms with van der Waals surface area (Å²) in [5, 5.41) is 8.85. The summed E-state index contributed by atoms with van der Waals surface area (Å²) in [6, 6.07) is 6.25. The molecule has 1 aliphatic heterocycles. The van der Waals surface area contributed by atoms with Gasteiger partial charge in [0.1, 0.15) is 0 Å². The predicted molar refractivity (Wildman–Crippen MR) is 77.1 cm³/mol. The number of piperidine rings is 1. The van der Waals surface area contributed by atoms with Gasteiger partial charge >= 0.3 is 6.09 Å². The van der Waals surface area contributed by atoms with Gasteiger partial charge in [0.05, 0.1) is 4.90 Å². The highest BCUT2D eigenvalue weighted by molar-refractivity contribution is 9.10. The first-order chi connectivity index (χ1) is 9.38. The minimum atomic E-state index is -3.57. The summed E-state index contributed by atoms with van der Waals surface area (Å²) in [6.45, 7) is 0.696. The van der Waals surface area contributed by atoms with E-state index in [9.17, 15) is 13.2 Å². The molecular weight excluding hydrogens is 348 g/mol. The second-order valence-corrected chi connectivity index (χ2v) is 7.25. The third kappa shape index (κ3) is 3.71. The number of nitrogens with zero attached hydrogens (tertiary/aromatic N) is 1. The van der Waals surface area contributed by atoms with E-state index in [0.29, 0.717) is 30.4 Å². The Bertz CT molecular complexity index is 597. The Morgan fingerprint density at radius 2 is 2.00 bits per heavy atom. The summed E-state index contributed by atoms with van der Waals surface area (Å²) in [6.07, 6.45) is 0.0114. The zero-order valence-corrected chi connectivity index (χ0v) is 13.0. The Kier molecular flexibility index (Phi) is 4.66.